The van der Waals surface area contributed by atoms with Crippen molar-refractivity contribution in [2.24, 2.45) is 0 Å². The molecule has 4 aromatic heterocycles. The van der Waals surface area contributed by atoms with Gasteiger partial charge in [0.15, 0.2) is 11.5 Å². The van der Waals surface area contributed by atoms with Crippen LogP contribution in [0.25, 0.3) is 22.3 Å². The lowest BCUT2D eigenvalue weighted by Crippen LogP contribution is -2.21. The van der Waals surface area contributed by atoms with E-state index in [1.807, 2.05) is 0 Å². The SMILES string of the molecule is O=C(Nc1cnc(-n2cccn2)c(Cl)c1)c1cnn(-c2cncc3ccccc23)c1C(F)(F)F. The first-order chi connectivity index (χ1) is 16.3. The number of carbonyl (C=O) groups excluding carboxylic acids is 1. The van der Waals surface area contributed by atoms with E-state index in [0.717, 1.165) is 6.20 Å². The van der Waals surface area contributed by atoms with Crippen molar-refractivity contribution < 1.29 is 18.0 Å². The summed E-state index contributed by atoms with van der Waals surface area (Å²) in [7, 11) is 0. The second-order valence-corrected chi connectivity index (χ2v) is 7.54. The molecule has 0 spiro atoms. The van der Waals surface area contributed by atoms with Gasteiger partial charge in [-0.15, -0.1) is 0 Å². The van der Waals surface area contributed by atoms with Crippen LogP contribution in [0.15, 0.2) is 73.6 Å². The molecule has 5 aromatic rings. The van der Waals surface area contributed by atoms with Gasteiger partial charge in [0, 0.05) is 29.4 Å². The van der Waals surface area contributed by atoms with E-state index in [1.165, 1.54) is 35.5 Å². The Bertz CT molecular complexity index is 1510. The van der Waals surface area contributed by atoms with E-state index >= 15 is 0 Å². The Morgan fingerprint density at radius 3 is 2.59 bits per heavy atom. The van der Waals surface area contributed by atoms with Crippen LogP contribution in [-0.4, -0.2) is 35.4 Å². The highest BCUT2D eigenvalue weighted by molar-refractivity contribution is 6.32. The van der Waals surface area contributed by atoms with E-state index in [2.05, 4.69) is 25.5 Å². The number of hydrogen-bond donors (Lipinski definition) is 1. The molecular weight excluding hydrogens is 471 g/mol. The summed E-state index contributed by atoms with van der Waals surface area (Å²) >= 11 is 6.22. The lowest BCUT2D eigenvalue weighted by molar-refractivity contribution is -0.143. The van der Waals surface area contributed by atoms with Gasteiger partial charge in [-0.3, -0.25) is 9.78 Å². The average Bonchev–Trinajstić information content (AvgIpc) is 3.49. The number of aromatic nitrogens is 6. The Balaban J connectivity index is 1.53. The van der Waals surface area contributed by atoms with Crippen molar-refractivity contribution >= 4 is 34.0 Å². The third-order valence-electron chi connectivity index (χ3n) is 4.96. The quantitative estimate of drug-likeness (QED) is 0.391. The zero-order valence-corrected chi connectivity index (χ0v) is 17.8. The molecule has 0 aliphatic heterocycles. The summed E-state index contributed by atoms with van der Waals surface area (Å²) in [5.74, 6) is -0.714. The van der Waals surface area contributed by atoms with Crippen molar-refractivity contribution in [2.75, 3.05) is 5.32 Å². The minimum Gasteiger partial charge on any atom is -0.320 e. The van der Waals surface area contributed by atoms with E-state index in [0.29, 0.717) is 21.3 Å². The Morgan fingerprint density at radius 2 is 1.85 bits per heavy atom. The molecule has 4 heterocycles. The van der Waals surface area contributed by atoms with E-state index in [-0.39, 0.29) is 16.4 Å². The fourth-order valence-corrected chi connectivity index (χ4v) is 3.75. The first-order valence-corrected chi connectivity index (χ1v) is 10.2. The molecule has 0 saturated heterocycles. The highest BCUT2D eigenvalue weighted by atomic mass is 35.5. The van der Waals surface area contributed by atoms with Gasteiger partial charge in [0.2, 0.25) is 0 Å². The van der Waals surface area contributed by atoms with Gasteiger partial charge in [0.05, 0.1) is 40.6 Å². The number of carbonyl (C=O) groups is 1. The summed E-state index contributed by atoms with van der Waals surface area (Å²) in [4.78, 5) is 21.0. The van der Waals surface area contributed by atoms with Crippen molar-refractivity contribution in [3.63, 3.8) is 0 Å². The molecule has 1 amide bonds. The molecule has 0 radical (unpaired) electrons. The minimum absolute atomic E-state index is 0.0951. The first kappa shape index (κ1) is 21.6. The fourth-order valence-electron chi connectivity index (χ4n) is 3.50. The number of pyridine rings is 2. The van der Waals surface area contributed by atoms with Crippen molar-refractivity contribution in [1.29, 1.82) is 0 Å². The van der Waals surface area contributed by atoms with Gasteiger partial charge >= 0.3 is 6.18 Å². The molecule has 0 atom stereocenters. The van der Waals surface area contributed by atoms with Gasteiger partial charge < -0.3 is 5.32 Å². The number of nitrogens with zero attached hydrogens (tertiary/aromatic N) is 6. The molecule has 1 N–H and O–H groups in total. The second kappa shape index (κ2) is 8.27. The van der Waals surface area contributed by atoms with E-state index in [4.69, 9.17) is 11.6 Å². The fraction of sp³-hybridized carbons (Fsp3) is 0.0455. The van der Waals surface area contributed by atoms with Gasteiger partial charge in [-0.05, 0) is 12.1 Å². The Hall–Kier alpha value is -4.25. The van der Waals surface area contributed by atoms with Crippen molar-refractivity contribution in [1.82, 2.24) is 29.5 Å². The summed E-state index contributed by atoms with van der Waals surface area (Å²) in [6.45, 7) is 0. The summed E-state index contributed by atoms with van der Waals surface area (Å²) in [6, 6.07) is 9.87. The van der Waals surface area contributed by atoms with Gasteiger partial charge in [-0.1, -0.05) is 35.9 Å². The Morgan fingerprint density at radius 1 is 1.03 bits per heavy atom. The number of amides is 1. The summed E-state index contributed by atoms with van der Waals surface area (Å²) in [5, 5.41) is 11.6. The number of benzene rings is 1. The second-order valence-electron chi connectivity index (χ2n) is 7.13. The number of nitrogens with one attached hydrogen (secondary N) is 1. The van der Waals surface area contributed by atoms with E-state index in [9.17, 15) is 18.0 Å². The van der Waals surface area contributed by atoms with Crippen LogP contribution in [0.2, 0.25) is 5.02 Å². The molecule has 8 nitrogen and oxygen atoms in total. The highest BCUT2D eigenvalue weighted by Gasteiger charge is 2.41. The van der Waals surface area contributed by atoms with Crippen molar-refractivity contribution in [3.05, 3.63) is 89.9 Å². The molecule has 12 heteroatoms. The summed E-state index contributed by atoms with van der Waals surface area (Å²) in [5.41, 5.74) is -1.68. The van der Waals surface area contributed by atoms with E-state index in [1.54, 1.807) is 36.5 Å². The third kappa shape index (κ3) is 3.86. The van der Waals surface area contributed by atoms with Crippen LogP contribution >= 0.6 is 11.6 Å². The molecule has 34 heavy (non-hydrogen) atoms. The third-order valence-corrected chi connectivity index (χ3v) is 5.24. The number of alkyl halides is 3. The van der Waals surface area contributed by atoms with Crippen LogP contribution < -0.4 is 5.32 Å². The average molecular weight is 484 g/mol. The molecule has 170 valence electrons. The van der Waals surface area contributed by atoms with E-state index < -0.39 is 23.3 Å². The molecule has 0 unspecified atom stereocenters. The van der Waals surface area contributed by atoms with Gasteiger partial charge in [0.1, 0.15) is 0 Å². The minimum atomic E-state index is -4.88. The standard InChI is InChI=1S/C22H13ClF3N7O/c23-17-8-14(10-28-20(17)32-7-3-6-29-32)31-21(34)16-11-30-33(19(16)22(24,25)26)18-12-27-9-13-4-1-2-5-15(13)18/h1-12H,(H,31,34). The topological polar surface area (TPSA) is 90.5 Å². The lowest BCUT2D eigenvalue weighted by Gasteiger charge is -2.14. The first-order valence-electron chi connectivity index (χ1n) is 9.78. The van der Waals surface area contributed by atoms with Crippen LogP contribution in [0.5, 0.6) is 0 Å². The number of anilines is 1. The molecule has 5 rings (SSSR count). The molecule has 0 saturated carbocycles. The number of fused-ring (bicyclic) bond motifs is 1. The Kier molecular flexibility index (Phi) is 5.25. The maximum absolute atomic E-state index is 14.1. The normalized spacial score (nSPS) is 11.6. The maximum Gasteiger partial charge on any atom is 0.434 e. The Labute approximate surface area is 194 Å². The number of rotatable bonds is 4. The highest BCUT2D eigenvalue weighted by Crippen LogP contribution is 2.35. The molecule has 0 fully saturated rings. The molecule has 1 aromatic carbocycles. The van der Waals surface area contributed by atoms with Crippen LogP contribution in [0, 0.1) is 0 Å². The van der Waals surface area contributed by atoms with Crippen molar-refractivity contribution in [2.45, 2.75) is 6.18 Å². The van der Waals surface area contributed by atoms with Crippen LogP contribution in [-0.2, 0) is 6.18 Å². The van der Waals surface area contributed by atoms with Gasteiger partial charge in [-0.2, -0.15) is 23.4 Å². The van der Waals surface area contributed by atoms with Gasteiger partial charge in [-0.25, -0.2) is 14.3 Å². The molecule has 0 aliphatic rings. The van der Waals surface area contributed by atoms with Crippen molar-refractivity contribution in [3.8, 4) is 11.5 Å². The monoisotopic (exact) mass is 483 g/mol. The molecule has 0 bridgehead atoms. The predicted octanol–water partition coefficient (Wildman–Crippen LogP) is 4.93. The number of halogens is 4. The lowest BCUT2D eigenvalue weighted by atomic mass is 10.1. The van der Waals surface area contributed by atoms with Crippen LogP contribution in [0.4, 0.5) is 18.9 Å². The largest absolute Gasteiger partial charge is 0.434 e. The maximum atomic E-state index is 14.1. The van der Waals surface area contributed by atoms with Gasteiger partial charge in [0.25, 0.3) is 5.91 Å². The number of hydrogen-bond acceptors (Lipinski definition) is 5. The summed E-state index contributed by atoms with van der Waals surface area (Å²) < 4.78 is 44.4. The summed E-state index contributed by atoms with van der Waals surface area (Å²) in [6.07, 6.45) is 3.23. The zero-order valence-electron chi connectivity index (χ0n) is 17.0. The van der Waals surface area contributed by atoms with Crippen LogP contribution in [0.1, 0.15) is 16.1 Å². The zero-order chi connectivity index (χ0) is 23.9. The molecular formula is C22H13ClF3N7O. The predicted molar refractivity (Wildman–Crippen MR) is 118 cm³/mol. The smallest absolute Gasteiger partial charge is 0.320 e. The molecule has 0 aliphatic carbocycles. The van der Waals surface area contributed by atoms with Crippen LogP contribution in [0.3, 0.4) is 0 Å².